The highest BCUT2D eigenvalue weighted by molar-refractivity contribution is 7.89. The van der Waals surface area contributed by atoms with Crippen molar-refractivity contribution >= 4 is 27.5 Å². The van der Waals surface area contributed by atoms with Crippen LogP contribution in [0.3, 0.4) is 0 Å². The predicted molar refractivity (Wildman–Crippen MR) is 65.7 cm³/mol. The second-order valence-corrected chi connectivity index (χ2v) is 5.83. The molecule has 0 aliphatic carbocycles. The maximum absolute atomic E-state index is 13.5. The number of primary sulfonamides is 1. The molecule has 0 aliphatic heterocycles. The maximum Gasteiger partial charge on any atom is 0.255 e. The number of nitrogens with zero attached hydrogens (tertiary/aromatic N) is 1. The zero-order valence-electron chi connectivity index (χ0n) is 10.1. The van der Waals surface area contributed by atoms with Crippen molar-refractivity contribution in [3.05, 3.63) is 28.5 Å². The molecule has 1 aromatic rings. The third-order valence-electron chi connectivity index (χ3n) is 2.32. The monoisotopic (exact) mass is 330 g/mol. The summed E-state index contributed by atoms with van der Waals surface area (Å²) < 4.78 is 60.2. The fourth-order valence-corrected chi connectivity index (χ4v) is 2.12. The number of hydrogen-bond donors (Lipinski definition) is 1. The first-order valence-corrected chi connectivity index (χ1v) is 7.02. The van der Waals surface area contributed by atoms with Crippen LogP contribution in [0.1, 0.15) is 10.4 Å². The van der Waals surface area contributed by atoms with E-state index < -0.39 is 50.2 Å². The third kappa shape index (κ3) is 3.84. The number of sulfonamides is 1. The minimum absolute atomic E-state index is 0.543. The van der Waals surface area contributed by atoms with Crippen molar-refractivity contribution in [1.82, 2.24) is 4.90 Å². The second-order valence-electron chi connectivity index (χ2n) is 3.89. The lowest BCUT2D eigenvalue weighted by Gasteiger charge is -2.17. The summed E-state index contributed by atoms with van der Waals surface area (Å²) in [5.74, 6) is -2.23. The van der Waals surface area contributed by atoms with E-state index in [0.29, 0.717) is 11.0 Å². The number of rotatable bonds is 4. The van der Waals surface area contributed by atoms with E-state index in [9.17, 15) is 26.4 Å². The number of benzene rings is 1. The lowest BCUT2D eigenvalue weighted by atomic mass is 10.2. The van der Waals surface area contributed by atoms with E-state index in [2.05, 4.69) is 0 Å². The fraction of sp³-hybridized carbons (Fsp3) is 0.300. The van der Waals surface area contributed by atoms with Gasteiger partial charge in [-0.3, -0.25) is 4.79 Å². The van der Waals surface area contributed by atoms with Crippen molar-refractivity contribution in [3.63, 3.8) is 0 Å². The summed E-state index contributed by atoms with van der Waals surface area (Å²) in [6, 6.07) is 1.28. The number of carbonyl (C=O) groups is 1. The lowest BCUT2D eigenvalue weighted by Crippen LogP contribution is -2.31. The second kappa shape index (κ2) is 5.98. The van der Waals surface area contributed by atoms with Gasteiger partial charge in [0, 0.05) is 7.05 Å². The Kier molecular flexibility index (Phi) is 5.00. The summed E-state index contributed by atoms with van der Waals surface area (Å²) in [5, 5.41) is 4.16. The van der Waals surface area contributed by atoms with Gasteiger partial charge in [0.25, 0.3) is 12.3 Å². The van der Waals surface area contributed by atoms with E-state index in [-0.39, 0.29) is 0 Å². The fourth-order valence-electron chi connectivity index (χ4n) is 1.38. The minimum atomic E-state index is -4.26. The van der Waals surface area contributed by atoms with Gasteiger partial charge in [-0.05, 0) is 12.1 Å². The molecule has 1 rings (SSSR count). The van der Waals surface area contributed by atoms with E-state index in [1.165, 1.54) is 0 Å². The Morgan fingerprint density at radius 1 is 1.45 bits per heavy atom. The average Bonchev–Trinajstić information content (AvgIpc) is 2.29. The van der Waals surface area contributed by atoms with Crippen LogP contribution >= 0.6 is 11.6 Å². The van der Waals surface area contributed by atoms with Gasteiger partial charge in [-0.1, -0.05) is 11.6 Å². The third-order valence-corrected chi connectivity index (χ3v) is 3.60. The summed E-state index contributed by atoms with van der Waals surface area (Å²) in [6.45, 7) is -0.906. The summed E-state index contributed by atoms with van der Waals surface area (Å²) >= 11 is 5.55. The number of hydrogen-bond acceptors (Lipinski definition) is 3. The highest BCUT2D eigenvalue weighted by atomic mass is 35.5. The summed E-state index contributed by atoms with van der Waals surface area (Å²) in [7, 11) is -3.22. The highest BCUT2D eigenvalue weighted by Crippen LogP contribution is 2.25. The first kappa shape index (κ1) is 16.7. The Bertz CT molecular complexity index is 637. The van der Waals surface area contributed by atoms with Gasteiger partial charge in [-0.25, -0.2) is 26.7 Å². The molecule has 0 spiro atoms. The number of carbonyl (C=O) groups excluding carboxylic acids is 1. The molecule has 0 unspecified atom stereocenters. The number of amides is 1. The van der Waals surface area contributed by atoms with Crippen molar-refractivity contribution in [2.24, 2.45) is 5.14 Å². The quantitative estimate of drug-likeness (QED) is 0.907. The first-order chi connectivity index (χ1) is 9.04. The van der Waals surface area contributed by atoms with E-state index in [0.717, 1.165) is 13.1 Å². The van der Waals surface area contributed by atoms with Gasteiger partial charge in [-0.15, -0.1) is 0 Å². The molecule has 5 nitrogen and oxygen atoms in total. The van der Waals surface area contributed by atoms with E-state index in [1.807, 2.05) is 0 Å². The van der Waals surface area contributed by atoms with Crippen LogP contribution in [0.2, 0.25) is 5.02 Å². The van der Waals surface area contributed by atoms with E-state index >= 15 is 0 Å². The van der Waals surface area contributed by atoms with Crippen LogP contribution in [0.5, 0.6) is 0 Å². The van der Waals surface area contributed by atoms with Crippen molar-refractivity contribution < 1.29 is 26.4 Å². The Labute approximate surface area is 118 Å². The molecule has 0 fully saturated rings. The molecule has 0 heterocycles. The molecule has 1 amide bonds. The molecule has 112 valence electrons. The molecule has 10 heteroatoms. The van der Waals surface area contributed by atoms with Gasteiger partial charge in [0.15, 0.2) is 0 Å². The summed E-state index contributed by atoms with van der Waals surface area (Å²) in [5.41, 5.74) is -0.557. The van der Waals surface area contributed by atoms with Crippen molar-refractivity contribution in [2.75, 3.05) is 13.6 Å². The summed E-state index contributed by atoms with van der Waals surface area (Å²) in [6.07, 6.45) is -2.80. The molecular weight excluding hydrogens is 321 g/mol. The average molecular weight is 331 g/mol. The first-order valence-electron chi connectivity index (χ1n) is 5.09. The molecule has 0 saturated heterocycles. The van der Waals surface area contributed by atoms with Crippen LogP contribution in [0.4, 0.5) is 13.2 Å². The van der Waals surface area contributed by atoms with Crippen molar-refractivity contribution in [3.8, 4) is 0 Å². The number of nitrogens with two attached hydrogens (primary N) is 1. The van der Waals surface area contributed by atoms with Crippen LogP contribution < -0.4 is 5.14 Å². The molecule has 0 radical (unpaired) electrons. The zero-order chi connectivity index (χ0) is 15.7. The van der Waals surface area contributed by atoms with Gasteiger partial charge in [-0.2, -0.15) is 0 Å². The molecule has 2 N–H and O–H groups in total. The molecule has 1 aromatic carbocycles. The summed E-state index contributed by atoms with van der Waals surface area (Å²) in [4.78, 5) is 11.8. The van der Waals surface area contributed by atoms with Gasteiger partial charge in [0.1, 0.15) is 5.82 Å². The van der Waals surface area contributed by atoms with Crippen LogP contribution in [-0.2, 0) is 10.0 Å². The Morgan fingerprint density at radius 2 is 2.00 bits per heavy atom. The molecule has 0 atom stereocenters. The van der Waals surface area contributed by atoms with Crippen LogP contribution in [0, 0.1) is 5.82 Å². The lowest BCUT2D eigenvalue weighted by molar-refractivity contribution is 0.0620. The SMILES string of the molecule is CN(CC(F)F)C(=O)c1cc(S(N)(=O)=O)cc(F)c1Cl. The normalized spacial score (nSPS) is 11.8. The number of halogens is 4. The van der Waals surface area contributed by atoms with Crippen molar-refractivity contribution in [2.45, 2.75) is 11.3 Å². The van der Waals surface area contributed by atoms with Gasteiger partial charge in [0.05, 0.1) is 22.0 Å². The Hall–Kier alpha value is -1.32. The molecular formula is C10H10ClF3N2O3S. The zero-order valence-corrected chi connectivity index (χ0v) is 11.7. The largest absolute Gasteiger partial charge is 0.336 e. The van der Waals surface area contributed by atoms with Crippen LogP contribution in [-0.4, -0.2) is 39.2 Å². The molecule has 0 aliphatic rings. The highest BCUT2D eigenvalue weighted by Gasteiger charge is 2.23. The Morgan fingerprint density at radius 3 is 2.45 bits per heavy atom. The Balaban J connectivity index is 3.31. The van der Waals surface area contributed by atoms with Crippen molar-refractivity contribution in [1.29, 1.82) is 0 Å². The van der Waals surface area contributed by atoms with Crippen LogP contribution in [0.15, 0.2) is 17.0 Å². The predicted octanol–water partition coefficient (Wildman–Crippen LogP) is 1.46. The molecule has 0 bridgehead atoms. The topological polar surface area (TPSA) is 80.5 Å². The van der Waals surface area contributed by atoms with Gasteiger partial charge >= 0.3 is 0 Å². The maximum atomic E-state index is 13.5. The van der Waals surface area contributed by atoms with Crippen LogP contribution in [0.25, 0.3) is 0 Å². The van der Waals surface area contributed by atoms with E-state index in [1.54, 1.807) is 0 Å². The van der Waals surface area contributed by atoms with Gasteiger partial charge < -0.3 is 4.90 Å². The standard InChI is InChI=1S/C10H10ClF3N2O3S/c1-16(4-8(13)14)10(17)6-2-5(20(15,18)19)3-7(12)9(6)11/h2-3,8H,4H2,1H3,(H2,15,18,19). The molecule has 0 saturated carbocycles. The smallest absolute Gasteiger partial charge is 0.255 e. The molecule has 20 heavy (non-hydrogen) atoms. The van der Waals surface area contributed by atoms with Gasteiger partial charge in [0.2, 0.25) is 10.0 Å². The minimum Gasteiger partial charge on any atom is -0.336 e. The molecule has 0 aromatic heterocycles. The van der Waals surface area contributed by atoms with E-state index in [4.69, 9.17) is 16.7 Å². The number of alkyl halides is 2.